The Morgan fingerprint density at radius 3 is 2.55 bits per heavy atom. The molecule has 0 radical (unpaired) electrons. The zero-order chi connectivity index (χ0) is 21.5. The highest BCUT2D eigenvalue weighted by Gasteiger charge is 2.34. The molecular weight excluding hydrogens is 412 g/mol. The molecule has 5 rings (SSSR count). The van der Waals surface area contributed by atoms with Gasteiger partial charge in [0.2, 0.25) is 0 Å². The van der Waals surface area contributed by atoms with Gasteiger partial charge in [-0.2, -0.15) is 5.10 Å². The van der Waals surface area contributed by atoms with Crippen molar-refractivity contribution >= 4 is 22.4 Å². The zero-order valence-electron chi connectivity index (χ0n) is 17.6. The molecule has 7 nitrogen and oxygen atoms in total. The van der Waals surface area contributed by atoms with Gasteiger partial charge < -0.3 is 14.5 Å². The maximum Gasteiger partial charge on any atom is 0.274 e. The van der Waals surface area contributed by atoms with E-state index in [1.807, 2.05) is 72.2 Å². The Balaban J connectivity index is 1.71. The van der Waals surface area contributed by atoms with Crippen molar-refractivity contribution in [2.75, 3.05) is 45.3 Å². The van der Waals surface area contributed by atoms with E-state index in [0.717, 1.165) is 33.1 Å². The van der Waals surface area contributed by atoms with Crippen LogP contribution in [0.1, 0.15) is 16.1 Å². The lowest BCUT2D eigenvalue weighted by atomic mass is 10.0. The Labute approximate surface area is 183 Å². The second kappa shape index (κ2) is 7.94. The van der Waals surface area contributed by atoms with E-state index in [1.165, 1.54) is 0 Å². The topological polar surface area (TPSA) is 67.7 Å². The third-order valence-electron chi connectivity index (χ3n) is 5.74. The predicted octanol–water partition coefficient (Wildman–Crippen LogP) is 2.70. The van der Waals surface area contributed by atoms with Crippen LogP contribution in [0.15, 0.2) is 53.4 Å². The molecule has 2 aromatic carbocycles. The molecule has 1 amide bonds. The number of anilines is 1. The summed E-state index contributed by atoms with van der Waals surface area (Å²) in [6.45, 7) is 2.13. The van der Waals surface area contributed by atoms with E-state index >= 15 is 0 Å². The van der Waals surface area contributed by atoms with Crippen molar-refractivity contribution in [3.8, 4) is 16.9 Å². The number of nitrogens with zero attached hydrogens (tertiary/aromatic N) is 4. The first kappa shape index (κ1) is 20.0. The first-order chi connectivity index (χ1) is 15.0. The van der Waals surface area contributed by atoms with E-state index in [2.05, 4.69) is 0 Å². The minimum Gasteiger partial charge on any atom is -0.378 e. The zero-order valence-corrected chi connectivity index (χ0v) is 18.4. The third kappa shape index (κ3) is 3.45. The van der Waals surface area contributed by atoms with E-state index in [0.29, 0.717) is 32.0 Å². The molecule has 0 bridgehead atoms. The molecule has 2 aliphatic rings. The van der Waals surface area contributed by atoms with E-state index in [-0.39, 0.29) is 11.7 Å². The lowest BCUT2D eigenvalue weighted by molar-refractivity contribution is 0.0298. The summed E-state index contributed by atoms with van der Waals surface area (Å²) in [7, 11) is 2.68. The number of para-hydroxylation sites is 1. The summed E-state index contributed by atoms with van der Waals surface area (Å²) in [6, 6.07) is 15.8. The number of morpholine rings is 1. The lowest BCUT2D eigenvalue weighted by Gasteiger charge is -2.26. The van der Waals surface area contributed by atoms with Crippen LogP contribution in [0.25, 0.3) is 16.9 Å². The minimum absolute atomic E-state index is 0.125. The van der Waals surface area contributed by atoms with Gasteiger partial charge in [-0.25, -0.2) is 4.68 Å². The smallest absolute Gasteiger partial charge is 0.274 e. The van der Waals surface area contributed by atoms with Crippen LogP contribution in [0.5, 0.6) is 0 Å². The molecule has 1 unspecified atom stereocenters. The average molecular weight is 437 g/mol. The summed E-state index contributed by atoms with van der Waals surface area (Å²) in [5.41, 5.74) is 4.71. The molecule has 1 saturated heterocycles. The van der Waals surface area contributed by atoms with Crippen molar-refractivity contribution in [3.63, 3.8) is 0 Å². The fourth-order valence-electron chi connectivity index (χ4n) is 4.09. The fraction of sp³-hybridized carbons (Fsp3) is 0.304. The highest BCUT2D eigenvalue weighted by molar-refractivity contribution is 7.84. The first-order valence-corrected chi connectivity index (χ1v) is 11.6. The number of carbonyl (C=O) groups is 1. The number of hydrogen-bond donors (Lipinski definition) is 0. The normalized spacial score (nSPS) is 17.7. The quantitative estimate of drug-likeness (QED) is 0.632. The number of fused-ring (bicyclic) bond motifs is 3. The molecule has 160 valence electrons. The number of aromatic nitrogens is 2. The van der Waals surface area contributed by atoms with Crippen molar-refractivity contribution in [1.29, 1.82) is 0 Å². The predicted molar refractivity (Wildman–Crippen MR) is 120 cm³/mol. The van der Waals surface area contributed by atoms with Crippen LogP contribution in [0, 0.1) is 0 Å². The number of hydrogen-bond acceptors (Lipinski definition) is 5. The molecule has 1 atom stereocenters. The Bertz CT molecular complexity index is 1170. The van der Waals surface area contributed by atoms with Gasteiger partial charge in [0.05, 0.1) is 46.0 Å². The first-order valence-electron chi connectivity index (χ1n) is 10.3. The second-order valence-electron chi connectivity index (χ2n) is 7.89. The van der Waals surface area contributed by atoms with Crippen LogP contribution in [0.4, 0.5) is 5.69 Å². The Morgan fingerprint density at radius 1 is 1.10 bits per heavy atom. The molecule has 1 aromatic heterocycles. The molecule has 0 saturated carbocycles. The molecule has 0 spiro atoms. The van der Waals surface area contributed by atoms with Gasteiger partial charge in [-0.15, -0.1) is 0 Å². The largest absolute Gasteiger partial charge is 0.378 e. The standard InChI is InChI=1S/C23H24N4O3S/c1-25(2)17-8-9-18-20(14-17)31(29)15-19-21(23(28)26-10-12-30-13-11-26)24-27(22(18)19)16-6-4-3-5-7-16/h3-9,14H,10-13,15H2,1-2H3. The van der Waals surface area contributed by atoms with Crippen molar-refractivity contribution < 1.29 is 13.7 Å². The summed E-state index contributed by atoms with van der Waals surface area (Å²) >= 11 is 0. The molecule has 31 heavy (non-hydrogen) atoms. The van der Waals surface area contributed by atoms with E-state index in [1.54, 1.807) is 4.90 Å². The second-order valence-corrected chi connectivity index (χ2v) is 9.31. The van der Waals surface area contributed by atoms with E-state index in [9.17, 15) is 9.00 Å². The highest BCUT2D eigenvalue weighted by atomic mass is 32.2. The Hall–Kier alpha value is -2.97. The summed E-state index contributed by atoms with van der Waals surface area (Å²) in [5, 5.41) is 4.77. The van der Waals surface area contributed by atoms with Crippen molar-refractivity contribution in [2.24, 2.45) is 0 Å². The highest BCUT2D eigenvalue weighted by Crippen LogP contribution is 2.40. The number of benzene rings is 2. The van der Waals surface area contributed by atoms with Crippen molar-refractivity contribution in [2.45, 2.75) is 10.6 Å². The molecule has 3 aromatic rings. The molecule has 0 N–H and O–H groups in total. The van der Waals surface area contributed by atoms with Gasteiger partial charge in [-0.1, -0.05) is 18.2 Å². The van der Waals surface area contributed by atoms with Crippen molar-refractivity contribution in [1.82, 2.24) is 14.7 Å². The summed E-state index contributed by atoms with van der Waals surface area (Å²) in [5.74, 6) is 0.150. The number of amides is 1. The summed E-state index contributed by atoms with van der Waals surface area (Å²) in [6.07, 6.45) is 0. The SMILES string of the molecule is CN(C)c1ccc2c(c1)S(=O)Cc1c(C(=O)N3CCOCC3)nn(-c3ccccc3)c1-2. The van der Waals surface area contributed by atoms with Gasteiger partial charge in [0.25, 0.3) is 5.91 Å². The lowest BCUT2D eigenvalue weighted by Crippen LogP contribution is -2.41. The van der Waals surface area contributed by atoms with Crippen LogP contribution in [-0.4, -0.2) is 65.2 Å². The van der Waals surface area contributed by atoms with Crippen LogP contribution in [0.2, 0.25) is 0 Å². The minimum atomic E-state index is -1.25. The summed E-state index contributed by atoms with van der Waals surface area (Å²) < 4.78 is 20.5. The van der Waals surface area contributed by atoms with Crippen LogP contribution >= 0.6 is 0 Å². The van der Waals surface area contributed by atoms with E-state index < -0.39 is 10.8 Å². The van der Waals surface area contributed by atoms with Crippen molar-refractivity contribution in [3.05, 3.63) is 59.8 Å². The monoisotopic (exact) mass is 436 g/mol. The molecule has 8 heteroatoms. The Morgan fingerprint density at radius 2 is 1.84 bits per heavy atom. The fourth-order valence-corrected chi connectivity index (χ4v) is 5.44. The van der Waals surface area contributed by atoms with Crippen LogP contribution < -0.4 is 4.90 Å². The van der Waals surface area contributed by atoms with Gasteiger partial charge in [-0.3, -0.25) is 9.00 Å². The molecule has 2 aliphatic heterocycles. The van der Waals surface area contributed by atoms with Gasteiger partial charge in [-0.05, 0) is 30.3 Å². The molecule has 1 fully saturated rings. The maximum absolute atomic E-state index is 13.4. The number of carbonyl (C=O) groups excluding carboxylic acids is 1. The molecule has 0 aliphatic carbocycles. The molecular formula is C23H24N4O3S. The van der Waals surface area contributed by atoms with E-state index in [4.69, 9.17) is 9.84 Å². The van der Waals surface area contributed by atoms with Gasteiger partial charge in [0.15, 0.2) is 5.69 Å². The van der Waals surface area contributed by atoms with Gasteiger partial charge in [0.1, 0.15) is 0 Å². The Kier molecular flexibility index (Phi) is 5.11. The van der Waals surface area contributed by atoms with Crippen LogP contribution in [-0.2, 0) is 21.3 Å². The molecule has 3 heterocycles. The van der Waals surface area contributed by atoms with Gasteiger partial charge in [0, 0.05) is 44.0 Å². The van der Waals surface area contributed by atoms with Gasteiger partial charge >= 0.3 is 0 Å². The maximum atomic E-state index is 13.4. The summed E-state index contributed by atoms with van der Waals surface area (Å²) in [4.78, 5) is 17.9. The average Bonchev–Trinajstić information content (AvgIpc) is 3.19. The van der Waals surface area contributed by atoms with Crippen LogP contribution in [0.3, 0.4) is 0 Å². The number of ether oxygens (including phenoxy) is 1. The third-order valence-corrected chi connectivity index (χ3v) is 7.12. The number of rotatable bonds is 3.